The topological polar surface area (TPSA) is 429 Å². The average molecular weight is 1780 g/mol. The molecule has 38 heteroatoms. The number of Topliss-reactive ketones (excluding diaryl/α,β-unsaturated/α-hetero) is 1. The lowest BCUT2D eigenvalue weighted by atomic mass is 9.83. The Kier molecular flexibility index (Phi) is 61.5. The summed E-state index contributed by atoms with van der Waals surface area (Å²) in [6, 6.07) is 3.56. The molecule has 0 unspecified atom stereocenters. The molecule has 4 bridgehead atoms. The van der Waals surface area contributed by atoms with E-state index >= 15 is 0 Å². The number of nitrogens with zero attached hydrogens (tertiary/aromatic N) is 2. The molecule has 1 aromatic carbocycles. The number of nitrogens with one attached hydrogen (secondary N) is 2. The third kappa shape index (κ3) is 50.3. The predicted molar refractivity (Wildman–Crippen MR) is 439 cm³/mol. The molecule has 3 aliphatic rings. The zero-order valence-corrected chi connectivity index (χ0v) is 74.0. The van der Waals surface area contributed by atoms with Crippen molar-refractivity contribution in [2.45, 2.75) is 153 Å². The van der Waals surface area contributed by atoms with Crippen LogP contribution in [0.4, 0.5) is 10.5 Å². The Hall–Kier alpha value is -5.79. The number of allylic oxidation sites excluding steroid dienone is 3. The van der Waals surface area contributed by atoms with Gasteiger partial charge in [-0.25, -0.2) is 4.79 Å². The molecule has 4 amide bonds. The van der Waals surface area contributed by atoms with E-state index in [1.807, 2.05) is 40.7 Å². The number of hydrogen-bond acceptors (Lipinski definition) is 31. The fourth-order valence-electron chi connectivity index (χ4n) is 10.8. The van der Waals surface area contributed by atoms with Crippen LogP contribution in [0.3, 0.4) is 0 Å². The lowest BCUT2D eigenvalue weighted by molar-refractivity contribution is -0.157. The summed E-state index contributed by atoms with van der Waals surface area (Å²) in [4.78, 5) is 113. The number of aliphatic carboxylic acids is 1. The number of halogens is 2. The molecule has 0 saturated carbocycles. The molecule has 117 heavy (non-hydrogen) atoms. The number of esters is 3. The van der Waals surface area contributed by atoms with E-state index in [0.717, 1.165) is 17.6 Å². The first-order valence-electron chi connectivity index (χ1n) is 39.3. The van der Waals surface area contributed by atoms with Crippen molar-refractivity contribution in [3.63, 3.8) is 0 Å². The smallest absolute Gasteiger partial charge is 0.409 e. The van der Waals surface area contributed by atoms with Gasteiger partial charge in [-0.3, -0.25) is 43.7 Å². The molecule has 3 aliphatic heterocycles. The first-order valence-corrected chi connectivity index (χ1v) is 41.8. The zero-order chi connectivity index (χ0) is 87.3. The molecule has 0 aromatic heterocycles. The van der Waals surface area contributed by atoms with Gasteiger partial charge in [0.1, 0.15) is 47.0 Å². The van der Waals surface area contributed by atoms with Crippen molar-refractivity contribution in [3.8, 4) is 5.75 Å². The van der Waals surface area contributed by atoms with Crippen LogP contribution >= 0.6 is 39.3 Å². The molecule has 0 aliphatic carbocycles. The average Bonchev–Trinajstić information content (AvgIpc) is 1.57. The number of alkyl carbamates (subject to hydrolysis) is 1. The number of carboxylic acids is 1. The highest BCUT2D eigenvalue weighted by atomic mass is 79.9. The van der Waals surface area contributed by atoms with Crippen molar-refractivity contribution >= 4 is 98.5 Å². The van der Waals surface area contributed by atoms with E-state index in [1.54, 1.807) is 45.2 Å². The van der Waals surface area contributed by atoms with Crippen LogP contribution < -0.4 is 26.0 Å². The molecule has 4 rings (SSSR count). The lowest BCUT2D eigenvalue weighted by Gasteiger charge is -2.42. The number of hydrogen-bond donors (Lipinski definition) is 5. The van der Waals surface area contributed by atoms with Crippen LogP contribution in [-0.2, 0) is 130 Å². The molecule has 1 aromatic rings. The number of ether oxygens (including phenoxy) is 19. The fourth-order valence-corrected chi connectivity index (χ4v) is 12.3. The van der Waals surface area contributed by atoms with Gasteiger partial charge in [0.2, 0.25) is 17.7 Å². The van der Waals surface area contributed by atoms with Gasteiger partial charge in [-0.2, -0.15) is 0 Å². The number of epoxide rings is 1. The fraction of sp³-hybridized carbons (Fsp3) is 0.759. The number of benzene rings is 1. The number of rotatable bonds is 57. The molecule has 6 N–H and O–H groups in total. The number of methoxy groups -OCH3 is 4. The maximum Gasteiger partial charge on any atom is 0.409 e. The summed E-state index contributed by atoms with van der Waals surface area (Å²) in [5, 5.41) is 26.1. The van der Waals surface area contributed by atoms with E-state index in [0.29, 0.717) is 194 Å². The summed E-state index contributed by atoms with van der Waals surface area (Å²) < 4.78 is 101. The summed E-state index contributed by atoms with van der Waals surface area (Å²) in [5.41, 5.74) is 4.17. The van der Waals surface area contributed by atoms with Gasteiger partial charge in [0, 0.05) is 70.8 Å². The number of likely N-dealkylation sites (N-methyl/N-ethyl adjacent to an activating group) is 1. The number of fused-ring (bicyclic) bond motifs is 5. The number of ketones is 1. The first kappa shape index (κ1) is 109. The molecule has 3 heterocycles. The minimum atomic E-state index is -1.86. The number of aliphatic hydroxyl groups is 1. The largest absolute Gasteiger partial charge is 0.495 e. The second-order valence-electron chi connectivity index (χ2n) is 27.1. The second-order valence-corrected chi connectivity index (χ2v) is 29.8. The molecule has 2 fully saturated rings. The van der Waals surface area contributed by atoms with Gasteiger partial charge < -0.3 is 121 Å². The number of alkyl halides is 1. The highest BCUT2D eigenvalue weighted by Gasteiger charge is 2.64. The summed E-state index contributed by atoms with van der Waals surface area (Å²) in [7, 11) is 8.61. The van der Waals surface area contributed by atoms with Crippen LogP contribution in [0.2, 0.25) is 5.02 Å². The van der Waals surface area contributed by atoms with E-state index in [4.69, 9.17) is 103 Å². The number of nitrogens with two attached hydrogens (primary N) is 1. The van der Waals surface area contributed by atoms with Gasteiger partial charge in [-0.05, 0) is 50.8 Å². The van der Waals surface area contributed by atoms with Gasteiger partial charge in [-0.15, -0.1) is 11.8 Å². The minimum absolute atomic E-state index is 0.0198. The molecule has 7 atom stereocenters. The Bertz CT molecular complexity index is 3010. The van der Waals surface area contributed by atoms with Crippen molar-refractivity contribution in [1.82, 2.24) is 15.5 Å². The van der Waals surface area contributed by atoms with Gasteiger partial charge >= 0.3 is 30.0 Å². The molecular weight excluding hydrogens is 1650 g/mol. The summed E-state index contributed by atoms with van der Waals surface area (Å²) in [6.45, 7) is 23.9. The molecule has 0 radical (unpaired) electrons. The van der Waals surface area contributed by atoms with E-state index in [1.165, 1.54) is 57.0 Å². The van der Waals surface area contributed by atoms with Crippen molar-refractivity contribution in [2.75, 3.05) is 237 Å². The Balaban J connectivity index is 0.00000129. The van der Waals surface area contributed by atoms with Crippen molar-refractivity contribution in [1.29, 1.82) is 0 Å². The number of carbonyl (C=O) groups is 9. The quantitative estimate of drug-likeness (QED) is 0.0163. The van der Waals surface area contributed by atoms with Crippen molar-refractivity contribution in [2.24, 2.45) is 11.7 Å². The predicted octanol–water partition coefficient (Wildman–Crippen LogP) is 6.04. The van der Waals surface area contributed by atoms with Gasteiger partial charge in [0.25, 0.3) is 0 Å². The van der Waals surface area contributed by atoms with Crippen LogP contribution in [0.1, 0.15) is 112 Å². The van der Waals surface area contributed by atoms with Crippen molar-refractivity contribution in [3.05, 3.63) is 46.5 Å². The number of thioether (sulfide) groups is 1. The highest BCUT2D eigenvalue weighted by Crippen LogP contribution is 2.49. The molecule has 35 nitrogen and oxygen atoms in total. The van der Waals surface area contributed by atoms with Gasteiger partial charge in [0.05, 0.1) is 222 Å². The Morgan fingerprint density at radius 3 is 1.68 bits per heavy atom. The number of carboxylic acid groups (broad SMARTS) is 1. The Morgan fingerprint density at radius 2 is 1.21 bits per heavy atom. The number of carbonyl (C=O) groups excluding carboxylic acids is 8. The first-order chi connectivity index (χ1) is 56.0. The summed E-state index contributed by atoms with van der Waals surface area (Å²) >= 11 is 11.3. The highest BCUT2D eigenvalue weighted by molar-refractivity contribution is 9.09. The van der Waals surface area contributed by atoms with Crippen LogP contribution in [0.5, 0.6) is 5.75 Å². The van der Waals surface area contributed by atoms with Crippen LogP contribution in [0.25, 0.3) is 0 Å². The lowest BCUT2D eigenvalue weighted by Crippen LogP contribution is -2.63. The van der Waals surface area contributed by atoms with Gasteiger partial charge in [-0.1, -0.05) is 86.0 Å². The summed E-state index contributed by atoms with van der Waals surface area (Å²) in [6.07, 6.45) is 2.83. The van der Waals surface area contributed by atoms with Crippen LogP contribution in [0.15, 0.2) is 35.9 Å². The Labute approximate surface area is 707 Å². The maximum absolute atomic E-state index is 14.3. The van der Waals surface area contributed by atoms with Crippen LogP contribution in [-0.4, -0.2) is 341 Å². The minimum Gasteiger partial charge on any atom is -0.495 e. The summed E-state index contributed by atoms with van der Waals surface area (Å²) in [5.74, 6) is -3.11. The van der Waals surface area contributed by atoms with Crippen molar-refractivity contribution < 1.29 is 143 Å². The molecule has 674 valence electrons. The van der Waals surface area contributed by atoms with E-state index in [2.05, 4.69) is 36.0 Å². The monoisotopic (exact) mass is 1780 g/mol. The van der Waals surface area contributed by atoms with E-state index < -0.39 is 76.9 Å². The standard InChI is InChI=1S/C51H77ClN4O17S.C15H27BrO7.C11H23NO6.C2H6/c1-33-12-11-13-39(65-9)51(63)30-38(71-48(62)54-51)34(2)47-50(5,73-47)40(29-43(59)56(7)36-27-35(26-33)28-37(64-8)46(36)52)72-45(61)31-55(6)42(58)14-16-49(3,4)74-32-41(57)53-17-19-68-21-23-70-25-24-69-22-20-67-18-15-44(60)66-10;1-19-15(18)4-6-21-8-10-23-12-11-22-9-7-20-5-2-3-14(17)13-16;12-2-4-16-6-8-18-10-9-17-7-5-15-3-1-11(13)14;1-2/h11-13,27-28,34,38-40,47,63H,14-26,29-32H2,1-10H3,(H,53,57)(H,54,62);2-13H2,1H3;1-10,12H2,(H,13,14);1-2H3/b13-11+,33-12+;;;/t34-,38+,39-,40+,47+,50+,51+;;;/m1.../s1. The second kappa shape index (κ2) is 65.9. The normalized spacial score (nSPS) is 19.8. The Morgan fingerprint density at radius 1 is 0.718 bits per heavy atom. The molecule has 2 saturated heterocycles. The molecule has 0 spiro atoms. The zero-order valence-electron chi connectivity index (χ0n) is 70.8. The van der Waals surface area contributed by atoms with E-state index in [9.17, 15) is 48.3 Å². The third-order valence-electron chi connectivity index (χ3n) is 17.4. The third-order valence-corrected chi connectivity index (χ3v) is 19.8. The van der Waals surface area contributed by atoms with E-state index in [-0.39, 0.29) is 92.1 Å². The maximum atomic E-state index is 14.3. The number of amides is 4. The van der Waals surface area contributed by atoms with Crippen LogP contribution in [0, 0.1) is 5.92 Å². The van der Waals surface area contributed by atoms with Gasteiger partial charge in [0.15, 0.2) is 5.72 Å². The number of anilines is 1. The molecular formula is C79H133BrClN5O30S. The SMILES string of the molecule is CC.COC(=O)CCOCCOCCOCCOCCCC(=O)CBr.COC(=O)CCOCCOCCOCCOCCNC(=O)CSC(C)(C)CCC(=O)N(C)CC(=O)O[C@H]1CC(=O)N(C)c2cc(cc(OC)c2Cl)C/C(C)=C/C=C/[C@@H](OC)[C@@]2(O)C[C@H](OC(=O)N2)[C@@H](C)[C@@H]2O[C@@]12C.NCCOCCOCCOCCOCCC(=O)O.